The zero-order valence-electron chi connectivity index (χ0n) is 10.2. The van der Waals surface area contributed by atoms with Crippen molar-refractivity contribution in [1.29, 1.82) is 0 Å². The Morgan fingerprint density at radius 1 is 1.60 bits per heavy atom. The molecule has 0 aromatic rings. The lowest BCUT2D eigenvalue weighted by molar-refractivity contribution is -0.0251. The summed E-state index contributed by atoms with van der Waals surface area (Å²) in [6.45, 7) is 10.7. The molecule has 1 heterocycles. The number of rotatable bonds is 6. The van der Waals surface area contributed by atoms with Gasteiger partial charge in [-0.25, -0.2) is 0 Å². The minimum Gasteiger partial charge on any atom is -0.374 e. The van der Waals surface area contributed by atoms with E-state index in [1.807, 2.05) is 11.8 Å². The van der Waals surface area contributed by atoms with Crippen LogP contribution in [-0.2, 0) is 4.74 Å². The third-order valence-electron chi connectivity index (χ3n) is 2.88. The topological polar surface area (TPSA) is 24.5 Å². The summed E-state index contributed by atoms with van der Waals surface area (Å²) in [6.07, 6.45) is 2.54. The molecule has 2 unspecified atom stereocenters. The van der Waals surface area contributed by atoms with Crippen LogP contribution in [-0.4, -0.2) is 61.8 Å². The summed E-state index contributed by atoms with van der Waals surface area (Å²) >= 11 is 1.90. The SMILES string of the molecule is CCN1CCOC(CNCC(C)SC)C1. The summed E-state index contributed by atoms with van der Waals surface area (Å²) in [5.74, 6) is 0. The first-order valence-electron chi connectivity index (χ1n) is 5.83. The molecule has 0 aromatic carbocycles. The quantitative estimate of drug-likeness (QED) is 0.740. The van der Waals surface area contributed by atoms with Crippen LogP contribution in [0, 0.1) is 0 Å². The van der Waals surface area contributed by atoms with Crippen molar-refractivity contribution in [1.82, 2.24) is 10.2 Å². The monoisotopic (exact) mass is 232 g/mol. The number of ether oxygens (including phenoxy) is 1. The van der Waals surface area contributed by atoms with Gasteiger partial charge >= 0.3 is 0 Å². The Hall–Kier alpha value is 0.230. The van der Waals surface area contributed by atoms with Crippen LogP contribution in [0.5, 0.6) is 0 Å². The van der Waals surface area contributed by atoms with Crippen LogP contribution in [0.3, 0.4) is 0 Å². The molecule has 0 aromatic heterocycles. The molecule has 4 heteroatoms. The first kappa shape index (κ1) is 13.3. The van der Waals surface area contributed by atoms with Crippen LogP contribution in [0.4, 0.5) is 0 Å². The second-order valence-electron chi connectivity index (χ2n) is 4.09. The summed E-state index contributed by atoms with van der Waals surface area (Å²) in [5, 5.41) is 4.17. The highest BCUT2D eigenvalue weighted by Crippen LogP contribution is 2.05. The molecule has 0 radical (unpaired) electrons. The molecule has 90 valence electrons. The molecule has 15 heavy (non-hydrogen) atoms. The highest BCUT2D eigenvalue weighted by atomic mass is 32.2. The minimum atomic E-state index is 0.382. The lowest BCUT2D eigenvalue weighted by atomic mass is 10.2. The Balaban J connectivity index is 2.10. The zero-order valence-corrected chi connectivity index (χ0v) is 11.0. The van der Waals surface area contributed by atoms with Crippen molar-refractivity contribution in [2.24, 2.45) is 0 Å². The van der Waals surface area contributed by atoms with Crippen molar-refractivity contribution in [3.63, 3.8) is 0 Å². The maximum Gasteiger partial charge on any atom is 0.0826 e. The fraction of sp³-hybridized carbons (Fsp3) is 1.00. The predicted octanol–water partition coefficient (Wildman–Crippen LogP) is 1.05. The molecule has 1 N–H and O–H groups in total. The standard InChI is InChI=1S/C11H24N2OS/c1-4-13-5-6-14-11(9-13)8-12-7-10(2)15-3/h10-12H,4-9H2,1-3H3. The van der Waals surface area contributed by atoms with E-state index in [1.165, 1.54) is 0 Å². The van der Waals surface area contributed by atoms with Crippen LogP contribution >= 0.6 is 11.8 Å². The van der Waals surface area contributed by atoms with Crippen LogP contribution in [0.1, 0.15) is 13.8 Å². The highest BCUT2D eigenvalue weighted by molar-refractivity contribution is 7.99. The van der Waals surface area contributed by atoms with Crippen molar-refractivity contribution in [3.8, 4) is 0 Å². The van der Waals surface area contributed by atoms with Gasteiger partial charge in [0.05, 0.1) is 12.7 Å². The third-order valence-corrected chi connectivity index (χ3v) is 3.85. The predicted molar refractivity (Wildman–Crippen MR) is 67.7 cm³/mol. The van der Waals surface area contributed by atoms with Crippen molar-refractivity contribution >= 4 is 11.8 Å². The maximum atomic E-state index is 5.71. The van der Waals surface area contributed by atoms with Gasteiger partial charge < -0.3 is 10.1 Å². The first-order valence-corrected chi connectivity index (χ1v) is 7.12. The van der Waals surface area contributed by atoms with Crippen LogP contribution in [0.2, 0.25) is 0 Å². The molecular formula is C11H24N2OS. The summed E-state index contributed by atoms with van der Waals surface area (Å²) < 4.78 is 5.71. The molecule has 0 aliphatic carbocycles. The molecule has 0 bridgehead atoms. The fourth-order valence-corrected chi connectivity index (χ4v) is 2.01. The highest BCUT2D eigenvalue weighted by Gasteiger charge is 2.18. The lowest BCUT2D eigenvalue weighted by Crippen LogP contribution is -2.47. The smallest absolute Gasteiger partial charge is 0.0826 e. The molecule has 1 rings (SSSR count). The van der Waals surface area contributed by atoms with Crippen LogP contribution in [0.25, 0.3) is 0 Å². The molecular weight excluding hydrogens is 208 g/mol. The molecule has 3 nitrogen and oxygen atoms in total. The van der Waals surface area contributed by atoms with Gasteiger partial charge in [0.15, 0.2) is 0 Å². The van der Waals surface area contributed by atoms with Crippen LogP contribution < -0.4 is 5.32 Å². The van der Waals surface area contributed by atoms with Gasteiger partial charge in [0.2, 0.25) is 0 Å². The fourth-order valence-electron chi connectivity index (χ4n) is 1.72. The molecule has 1 aliphatic heterocycles. The summed E-state index contributed by atoms with van der Waals surface area (Å²) in [7, 11) is 0. The lowest BCUT2D eigenvalue weighted by Gasteiger charge is -2.32. The Morgan fingerprint density at radius 2 is 2.40 bits per heavy atom. The van der Waals surface area contributed by atoms with Gasteiger partial charge in [0.25, 0.3) is 0 Å². The van der Waals surface area contributed by atoms with Gasteiger partial charge in [-0.1, -0.05) is 13.8 Å². The summed E-state index contributed by atoms with van der Waals surface area (Å²) in [5.41, 5.74) is 0. The van der Waals surface area contributed by atoms with Gasteiger partial charge in [0, 0.05) is 31.4 Å². The summed E-state index contributed by atoms with van der Waals surface area (Å²) in [4.78, 5) is 2.45. The number of likely N-dealkylation sites (N-methyl/N-ethyl adjacent to an activating group) is 1. The number of nitrogens with one attached hydrogen (secondary N) is 1. The van der Waals surface area contributed by atoms with Crippen molar-refractivity contribution < 1.29 is 4.74 Å². The minimum absolute atomic E-state index is 0.382. The first-order chi connectivity index (χ1) is 7.26. The molecule has 1 aliphatic rings. The van der Waals surface area contributed by atoms with E-state index in [0.29, 0.717) is 11.4 Å². The molecule has 0 spiro atoms. The molecule has 2 atom stereocenters. The van der Waals surface area contributed by atoms with E-state index in [1.54, 1.807) is 0 Å². The molecule has 1 fully saturated rings. The Morgan fingerprint density at radius 3 is 3.07 bits per heavy atom. The Labute approximate surface area is 97.9 Å². The van der Waals surface area contributed by atoms with Crippen molar-refractivity contribution in [2.45, 2.75) is 25.2 Å². The number of hydrogen-bond acceptors (Lipinski definition) is 4. The van der Waals surface area contributed by atoms with Gasteiger partial charge in [0.1, 0.15) is 0 Å². The number of thioether (sulfide) groups is 1. The van der Waals surface area contributed by atoms with E-state index in [4.69, 9.17) is 4.74 Å². The van der Waals surface area contributed by atoms with Gasteiger partial charge in [-0.15, -0.1) is 0 Å². The van der Waals surface area contributed by atoms with Gasteiger partial charge in [-0.2, -0.15) is 11.8 Å². The van der Waals surface area contributed by atoms with E-state index >= 15 is 0 Å². The largest absolute Gasteiger partial charge is 0.374 e. The molecule has 0 amide bonds. The van der Waals surface area contributed by atoms with E-state index in [-0.39, 0.29) is 0 Å². The van der Waals surface area contributed by atoms with Crippen LogP contribution in [0.15, 0.2) is 0 Å². The number of nitrogens with zero attached hydrogens (tertiary/aromatic N) is 1. The normalized spacial score (nSPS) is 25.4. The van der Waals surface area contributed by atoms with Gasteiger partial charge in [-0.3, -0.25) is 4.90 Å². The van der Waals surface area contributed by atoms with E-state index in [0.717, 1.165) is 39.3 Å². The number of hydrogen-bond donors (Lipinski definition) is 1. The summed E-state index contributed by atoms with van der Waals surface area (Å²) in [6, 6.07) is 0. The van der Waals surface area contributed by atoms with E-state index in [9.17, 15) is 0 Å². The third kappa shape index (κ3) is 5.20. The average Bonchev–Trinajstić information content (AvgIpc) is 2.29. The molecule has 1 saturated heterocycles. The van der Waals surface area contributed by atoms with Gasteiger partial charge in [-0.05, 0) is 12.8 Å². The van der Waals surface area contributed by atoms with Crippen molar-refractivity contribution in [2.75, 3.05) is 45.6 Å². The number of morpholine rings is 1. The Bertz CT molecular complexity index is 169. The van der Waals surface area contributed by atoms with Crippen molar-refractivity contribution in [3.05, 3.63) is 0 Å². The van der Waals surface area contributed by atoms with E-state index < -0.39 is 0 Å². The molecule has 0 saturated carbocycles. The average molecular weight is 232 g/mol. The van der Waals surface area contributed by atoms with E-state index in [2.05, 4.69) is 30.3 Å². The zero-order chi connectivity index (χ0) is 11.1. The second kappa shape index (κ2) is 7.49. The Kier molecular flexibility index (Phi) is 6.64. The maximum absolute atomic E-state index is 5.71. The second-order valence-corrected chi connectivity index (χ2v) is 5.37.